The molecule has 1 aromatic rings. The Bertz CT molecular complexity index is 510. The Morgan fingerprint density at radius 1 is 1.27 bits per heavy atom. The van der Waals surface area contributed by atoms with Gasteiger partial charge in [-0.1, -0.05) is 12.1 Å². The van der Waals surface area contributed by atoms with Crippen LogP contribution < -0.4 is 15.2 Å². The molecule has 0 aromatic heterocycles. The zero-order chi connectivity index (χ0) is 14.7. The Morgan fingerprint density at radius 2 is 2.05 bits per heavy atom. The molecule has 2 aliphatic heterocycles. The molecule has 0 radical (unpaired) electrons. The van der Waals surface area contributed by atoms with Crippen LogP contribution in [0.1, 0.15) is 25.7 Å². The van der Waals surface area contributed by atoms with Gasteiger partial charge in [-0.3, -0.25) is 4.79 Å². The molecule has 2 heterocycles. The minimum absolute atomic E-state index is 0. The van der Waals surface area contributed by atoms with Gasteiger partial charge in [0.15, 0.2) is 11.5 Å². The molecular weight excluding hydrogens is 304 g/mol. The minimum Gasteiger partial charge on any atom is -0.485 e. The second kappa shape index (κ2) is 7.70. The lowest BCUT2D eigenvalue weighted by molar-refractivity contribution is -0.145. The van der Waals surface area contributed by atoms with E-state index in [9.17, 15) is 4.79 Å². The highest BCUT2D eigenvalue weighted by molar-refractivity contribution is 5.85. The summed E-state index contributed by atoms with van der Waals surface area (Å²) in [4.78, 5) is 14.7. The molecule has 2 aliphatic rings. The monoisotopic (exact) mass is 326 g/mol. The van der Waals surface area contributed by atoms with Crippen molar-refractivity contribution >= 4 is 18.3 Å². The Morgan fingerprint density at radius 3 is 2.82 bits per heavy atom. The van der Waals surface area contributed by atoms with Gasteiger partial charge in [0.1, 0.15) is 6.61 Å². The Kier molecular flexibility index (Phi) is 5.91. The zero-order valence-electron chi connectivity index (χ0n) is 12.6. The summed E-state index contributed by atoms with van der Waals surface area (Å²) in [6, 6.07) is 7.72. The molecule has 3 rings (SSSR count). The van der Waals surface area contributed by atoms with Crippen molar-refractivity contribution < 1.29 is 14.3 Å². The summed E-state index contributed by atoms with van der Waals surface area (Å²) in [7, 11) is 0. The summed E-state index contributed by atoms with van der Waals surface area (Å²) in [5.41, 5.74) is 5.67. The van der Waals surface area contributed by atoms with E-state index < -0.39 is 6.10 Å². The van der Waals surface area contributed by atoms with E-state index in [2.05, 4.69) is 0 Å². The van der Waals surface area contributed by atoms with E-state index >= 15 is 0 Å². The van der Waals surface area contributed by atoms with Gasteiger partial charge in [-0.25, -0.2) is 0 Å². The number of hydrogen-bond acceptors (Lipinski definition) is 4. The number of hydrogen-bond donors (Lipinski definition) is 1. The van der Waals surface area contributed by atoms with Crippen molar-refractivity contribution in [3.05, 3.63) is 24.3 Å². The molecule has 2 atom stereocenters. The van der Waals surface area contributed by atoms with Crippen LogP contribution in [0.2, 0.25) is 0 Å². The number of rotatable bonds is 3. The highest BCUT2D eigenvalue weighted by Crippen LogP contribution is 2.32. The average Bonchev–Trinajstić information content (AvgIpc) is 2.54. The average molecular weight is 327 g/mol. The van der Waals surface area contributed by atoms with Gasteiger partial charge in [0.25, 0.3) is 5.91 Å². The van der Waals surface area contributed by atoms with E-state index in [1.165, 1.54) is 6.42 Å². The lowest BCUT2D eigenvalue weighted by atomic mass is 9.98. The quantitative estimate of drug-likeness (QED) is 0.922. The Balaban J connectivity index is 0.00000176. The normalized spacial score (nSPS) is 23.6. The van der Waals surface area contributed by atoms with Crippen molar-refractivity contribution in [1.82, 2.24) is 4.90 Å². The highest BCUT2D eigenvalue weighted by Gasteiger charge is 2.35. The van der Waals surface area contributed by atoms with Crippen molar-refractivity contribution in [2.24, 2.45) is 5.73 Å². The van der Waals surface area contributed by atoms with Gasteiger partial charge in [-0.15, -0.1) is 12.4 Å². The summed E-state index contributed by atoms with van der Waals surface area (Å²) in [6.45, 7) is 1.69. The van der Waals surface area contributed by atoms with Crippen LogP contribution in [0.5, 0.6) is 11.5 Å². The molecular formula is C16H23ClN2O3. The highest BCUT2D eigenvalue weighted by atomic mass is 35.5. The lowest BCUT2D eigenvalue weighted by Gasteiger charge is -2.38. The number of nitrogens with zero attached hydrogens (tertiary/aromatic N) is 1. The fourth-order valence-corrected chi connectivity index (χ4v) is 3.11. The molecule has 122 valence electrons. The largest absolute Gasteiger partial charge is 0.485 e. The topological polar surface area (TPSA) is 64.8 Å². The first-order chi connectivity index (χ1) is 10.3. The number of carbonyl (C=O) groups excluding carboxylic acids is 1. The van der Waals surface area contributed by atoms with Crippen molar-refractivity contribution in [2.45, 2.75) is 37.8 Å². The second-order valence-corrected chi connectivity index (χ2v) is 5.62. The van der Waals surface area contributed by atoms with E-state index in [-0.39, 0.29) is 31.0 Å². The number of benzene rings is 1. The second-order valence-electron chi connectivity index (χ2n) is 5.62. The number of para-hydroxylation sites is 2. The van der Waals surface area contributed by atoms with Crippen LogP contribution in [0.25, 0.3) is 0 Å². The first-order valence-electron chi connectivity index (χ1n) is 7.68. The molecule has 1 aromatic carbocycles. The van der Waals surface area contributed by atoms with E-state index in [0.29, 0.717) is 18.0 Å². The molecule has 0 saturated carbocycles. The number of halogens is 1. The van der Waals surface area contributed by atoms with E-state index in [4.69, 9.17) is 15.2 Å². The van der Waals surface area contributed by atoms with Crippen molar-refractivity contribution in [3.63, 3.8) is 0 Å². The van der Waals surface area contributed by atoms with Crippen LogP contribution in [-0.4, -0.2) is 42.6 Å². The fourth-order valence-electron chi connectivity index (χ4n) is 3.11. The SMILES string of the molecule is Cl.NCCC1CCCCN1C(=O)C1COc2ccccc2O1. The van der Waals surface area contributed by atoms with Crippen molar-refractivity contribution in [1.29, 1.82) is 0 Å². The third-order valence-corrected chi connectivity index (χ3v) is 4.19. The van der Waals surface area contributed by atoms with Gasteiger partial charge >= 0.3 is 0 Å². The summed E-state index contributed by atoms with van der Waals surface area (Å²) in [6.07, 6.45) is 3.57. The van der Waals surface area contributed by atoms with Gasteiger partial charge in [0.05, 0.1) is 0 Å². The van der Waals surface area contributed by atoms with Crippen LogP contribution >= 0.6 is 12.4 Å². The molecule has 0 spiro atoms. The molecule has 5 nitrogen and oxygen atoms in total. The third kappa shape index (κ3) is 3.47. The Hall–Kier alpha value is -1.46. The standard InChI is InChI=1S/C16H22N2O3.ClH/c17-9-8-12-5-3-4-10-18(12)16(19)15-11-20-13-6-1-2-7-14(13)21-15;/h1-2,6-7,12,15H,3-5,8-11,17H2;1H. The number of fused-ring (bicyclic) bond motifs is 1. The van der Waals surface area contributed by atoms with E-state index in [1.807, 2.05) is 29.2 Å². The molecule has 1 amide bonds. The van der Waals surface area contributed by atoms with Crippen LogP contribution in [0, 0.1) is 0 Å². The first-order valence-corrected chi connectivity index (χ1v) is 7.68. The summed E-state index contributed by atoms with van der Waals surface area (Å²) < 4.78 is 11.5. The number of piperidine rings is 1. The smallest absolute Gasteiger partial charge is 0.267 e. The third-order valence-electron chi connectivity index (χ3n) is 4.19. The maximum atomic E-state index is 12.7. The van der Waals surface area contributed by atoms with Gasteiger partial charge in [-0.2, -0.15) is 0 Å². The zero-order valence-corrected chi connectivity index (χ0v) is 13.4. The maximum absolute atomic E-state index is 12.7. The lowest BCUT2D eigenvalue weighted by Crippen LogP contribution is -2.52. The van der Waals surface area contributed by atoms with E-state index in [0.717, 1.165) is 25.8 Å². The van der Waals surface area contributed by atoms with Gasteiger partial charge in [0.2, 0.25) is 6.10 Å². The van der Waals surface area contributed by atoms with Crippen LogP contribution in [0.15, 0.2) is 24.3 Å². The molecule has 2 N–H and O–H groups in total. The maximum Gasteiger partial charge on any atom is 0.267 e. The molecule has 2 unspecified atom stereocenters. The first kappa shape index (κ1) is 16.9. The molecule has 6 heteroatoms. The predicted molar refractivity (Wildman–Crippen MR) is 86.6 cm³/mol. The minimum atomic E-state index is -0.543. The van der Waals surface area contributed by atoms with Gasteiger partial charge in [-0.05, 0) is 44.4 Å². The summed E-state index contributed by atoms with van der Waals surface area (Å²) >= 11 is 0. The number of carbonyl (C=O) groups is 1. The molecule has 0 bridgehead atoms. The van der Waals surface area contributed by atoms with Crippen molar-refractivity contribution in [2.75, 3.05) is 19.7 Å². The predicted octanol–water partition coefficient (Wildman–Crippen LogP) is 1.98. The van der Waals surface area contributed by atoms with Gasteiger partial charge < -0.3 is 20.1 Å². The molecule has 1 fully saturated rings. The molecule has 22 heavy (non-hydrogen) atoms. The van der Waals surface area contributed by atoms with Crippen LogP contribution in [0.4, 0.5) is 0 Å². The van der Waals surface area contributed by atoms with E-state index in [1.54, 1.807) is 0 Å². The number of ether oxygens (including phenoxy) is 2. The molecule has 0 aliphatic carbocycles. The van der Waals surface area contributed by atoms with Crippen LogP contribution in [-0.2, 0) is 4.79 Å². The molecule has 1 saturated heterocycles. The fraction of sp³-hybridized carbons (Fsp3) is 0.562. The van der Waals surface area contributed by atoms with Crippen LogP contribution in [0.3, 0.4) is 0 Å². The number of amides is 1. The van der Waals surface area contributed by atoms with Crippen molar-refractivity contribution in [3.8, 4) is 11.5 Å². The summed E-state index contributed by atoms with van der Waals surface area (Å²) in [5, 5.41) is 0. The summed E-state index contributed by atoms with van der Waals surface area (Å²) in [5.74, 6) is 1.39. The van der Waals surface area contributed by atoms with Gasteiger partial charge in [0, 0.05) is 12.6 Å². The number of likely N-dealkylation sites (tertiary alicyclic amines) is 1. The Labute approximate surface area is 137 Å². The number of nitrogens with two attached hydrogens (primary N) is 1.